The number of nitrogens with one attached hydrogen (secondary N) is 1. The fourth-order valence-electron chi connectivity index (χ4n) is 2.80. The van der Waals surface area contributed by atoms with Gasteiger partial charge < -0.3 is 9.88 Å². The number of benzene rings is 2. The van der Waals surface area contributed by atoms with E-state index in [4.69, 9.17) is 0 Å². The highest BCUT2D eigenvalue weighted by molar-refractivity contribution is 5.78. The number of carbonyl (C=O) groups is 1. The lowest BCUT2D eigenvalue weighted by Crippen LogP contribution is -2.27. The molecule has 0 aliphatic carbocycles. The molecule has 0 saturated heterocycles. The van der Waals surface area contributed by atoms with Crippen LogP contribution in [0.3, 0.4) is 0 Å². The van der Waals surface area contributed by atoms with Crippen LogP contribution in [0.25, 0.3) is 11.0 Å². The van der Waals surface area contributed by atoms with Crippen molar-refractivity contribution in [2.24, 2.45) is 7.05 Å². The summed E-state index contributed by atoms with van der Waals surface area (Å²) < 4.78 is 2.09. The second kappa shape index (κ2) is 6.65. The largest absolute Gasteiger partial charge is 0.355 e. The van der Waals surface area contributed by atoms with E-state index in [1.165, 1.54) is 5.56 Å². The second-order valence-electron chi connectivity index (χ2n) is 5.84. The molecular weight excluding hydrogens is 286 g/mol. The van der Waals surface area contributed by atoms with Gasteiger partial charge in [0.05, 0.1) is 17.5 Å². The van der Waals surface area contributed by atoms with Crippen LogP contribution in [0.2, 0.25) is 0 Å². The van der Waals surface area contributed by atoms with E-state index in [-0.39, 0.29) is 5.91 Å². The molecule has 4 nitrogen and oxygen atoms in total. The molecule has 1 aromatic heterocycles. The number of hydrogen-bond donors (Lipinski definition) is 1. The highest BCUT2D eigenvalue weighted by atomic mass is 16.1. The van der Waals surface area contributed by atoms with Gasteiger partial charge in [0, 0.05) is 20.0 Å². The summed E-state index contributed by atoms with van der Waals surface area (Å²) in [6.07, 6.45) is 1.15. The number of hydrogen-bond acceptors (Lipinski definition) is 2. The second-order valence-corrected chi connectivity index (χ2v) is 5.84. The maximum absolute atomic E-state index is 12.0. The molecule has 0 aliphatic heterocycles. The van der Waals surface area contributed by atoms with Gasteiger partial charge in [0.1, 0.15) is 5.82 Å². The van der Waals surface area contributed by atoms with E-state index in [9.17, 15) is 4.79 Å². The van der Waals surface area contributed by atoms with Gasteiger partial charge >= 0.3 is 0 Å². The molecule has 0 radical (unpaired) electrons. The number of aromatic nitrogens is 2. The van der Waals surface area contributed by atoms with Crippen LogP contribution >= 0.6 is 0 Å². The molecule has 0 bridgehead atoms. The molecule has 3 aromatic rings. The molecule has 118 valence electrons. The number of aryl methyl sites for hydroxylation is 2. The molecule has 1 N–H and O–H groups in total. The van der Waals surface area contributed by atoms with Crippen LogP contribution in [-0.4, -0.2) is 22.0 Å². The summed E-state index contributed by atoms with van der Waals surface area (Å²) in [4.78, 5) is 16.6. The first-order valence-corrected chi connectivity index (χ1v) is 7.86. The Hall–Kier alpha value is -2.62. The molecule has 2 aromatic carbocycles. The Balaban J connectivity index is 1.56. The molecule has 0 atom stereocenters. The molecule has 0 unspecified atom stereocenters. The Labute approximate surface area is 136 Å². The van der Waals surface area contributed by atoms with Crippen LogP contribution < -0.4 is 5.32 Å². The van der Waals surface area contributed by atoms with Crippen molar-refractivity contribution in [3.05, 3.63) is 65.5 Å². The molecule has 3 rings (SSSR count). The third-order valence-electron chi connectivity index (χ3n) is 4.00. The number of para-hydroxylation sites is 2. The summed E-state index contributed by atoms with van der Waals surface area (Å²) in [5.41, 5.74) is 4.34. The quantitative estimate of drug-likeness (QED) is 0.788. The van der Waals surface area contributed by atoms with Gasteiger partial charge in [0.15, 0.2) is 0 Å². The molecule has 0 saturated carbocycles. The minimum Gasteiger partial charge on any atom is -0.355 e. The summed E-state index contributed by atoms with van der Waals surface area (Å²) >= 11 is 0. The minimum atomic E-state index is 0.0503. The van der Waals surface area contributed by atoms with Gasteiger partial charge in [-0.3, -0.25) is 4.79 Å². The Bertz CT molecular complexity index is 836. The first kappa shape index (κ1) is 15.3. The molecule has 1 amide bonds. The number of amides is 1. The fraction of sp³-hybridized carbons (Fsp3) is 0.263. The Morgan fingerprint density at radius 1 is 1.17 bits per heavy atom. The van der Waals surface area contributed by atoms with Crippen molar-refractivity contribution in [2.45, 2.75) is 19.8 Å². The average Bonchev–Trinajstić information content (AvgIpc) is 2.84. The predicted octanol–water partition coefficient (Wildman–Crippen LogP) is 2.78. The average molecular weight is 307 g/mol. The van der Waals surface area contributed by atoms with E-state index in [1.54, 1.807) is 0 Å². The van der Waals surface area contributed by atoms with E-state index in [2.05, 4.69) is 20.9 Å². The zero-order valence-electron chi connectivity index (χ0n) is 13.5. The molecule has 0 aliphatic rings. The van der Waals surface area contributed by atoms with Crippen LogP contribution in [0.4, 0.5) is 0 Å². The number of carbonyl (C=O) groups excluding carboxylic acids is 1. The lowest BCUT2D eigenvalue weighted by Gasteiger charge is -2.06. The molecule has 0 fully saturated rings. The zero-order chi connectivity index (χ0) is 16.2. The van der Waals surface area contributed by atoms with E-state index in [0.717, 1.165) is 28.8 Å². The summed E-state index contributed by atoms with van der Waals surface area (Å²) in [6, 6.07) is 16.1. The van der Waals surface area contributed by atoms with Crippen molar-refractivity contribution in [3.63, 3.8) is 0 Å². The van der Waals surface area contributed by atoms with Gasteiger partial charge in [-0.05, 0) is 24.6 Å². The zero-order valence-corrected chi connectivity index (χ0v) is 13.5. The first-order chi connectivity index (χ1) is 11.1. The van der Waals surface area contributed by atoms with Crippen LogP contribution in [0.15, 0.2) is 48.5 Å². The number of nitrogens with zero attached hydrogens (tertiary/aromatic N) is 2. The Morgan fingerprint density at radius 2 is 2.00 bits per heavy atom. The lowest BCUT2D eigenvalue weighted by atomic mass is 10.1. The Morgan fingerprint density at radius 3 is 2.78 bits per heavy atom. The number of rotatable bonds is 5. The maximum Gasteiger partial charge on any atom is 0.224 e. The monoisotopic (exact) mass is 307 g/mol. The van der Waals surface area contributed by atoms with Crippen LogP contribution in [-0.2, 0) is 24.7 Å². The van der Waals surface area contributed by atoms with Crippen molar-refractivity contribution in [3.8, 4) is 0 Å². The van der Waals surface area contributed by atoms with Gasteiger partial charge in [0.2, 0.25) is 5.91 Å². The molecule has 4 heteroatoms. The van der Waals surface area contributed by atoms with Gasteiger partial charge in [-0.25, -0.2) is 4.98 Å². The number of fused-ring (bicyclic) bond motifs is 1. The number of imidazole rings is 1. The maximum atomic E-state index is 12.0. The topological polar surface area (TPSA) is 46.9 Å². The highest BCUT2D eigenvalue weighted by Crippen LogP contribution is 2.14. The lowest BCUT2D eigenvalue weighted by molar-refractivity contribution is -0.120. The van der Waals surface area contributed by atoms with Crippen LogP contribution in [0.1, 0.15) is 17.0 Å². The summed E-state index contributed by atoms with van der Waals surface area (Å²) in [5, 5.41) is 2.98. The van der Waals surface area contributed by atoms with Crippen molar-refractivity contribution in [1.29, 1.82) is 0 Å². The fourth-order valence-corrected chi connectivity index (χ4v) is 2.80. The van der Waals surface area contributed by atoms with Gasteiger partial charge in [-0.2, -0.15) is 0 Å². The van der Waals surface area contributed by atoms with Crippen LogP contribution in [0, 0.1) is 6.92 Å². The van der Waals surface area contributed by atoms with Crippen molar-refractivity contribution in [2.75, 3.05) is 6.54 Å². The SMILES string of the molecule is Cc1cccc(CC(=O)NCCc2nc3ccccc3n2C)c1. The van der Waals surface area contributed by atoms with E-state index in [1.807, 2.05) is 56.4 Å². The van der Waals surface area contributed by atoms with Gasteiger partial charge in [-0.15, -0.1) is 0 Å². The van der Waals surface area contributed by atoms with Gasteiger partial charge in [-0.1, -0.05) is 42.0 Å². The Kier molecular flexibility index (Phi) is 4.42. The highest BCUT2D eigenvalue weighted by Gasteiger charge is 2.08. The van der Waals surface area contributed by atoms with E-state index in [0.29, 0.717) is 13.0 Å². The summed E-state index contributed by atoms with van der Waals surface area (Å²) in [5.74, 6) is 1.04. The molecule has 0 spiro atoms. The molecule has 23 heavy (non-hydrogen) atoms. The molecular formula is C19H21N3O. The first-order valence-electron chi connectivity index (χ1n) is 7.86. The third-order valence-corrected chi connectivity index (χ3v) is 4.00. The third kappa shape index (κ3) is 3.59. The smallest absolute Gasteiger partial charge is 0.224 e. The summed E-state index contributed by atoms with van der Waals surface area (Å²) in [7, 11) is 2.01. The van der Waals surface area contributed by atoms with Gasteiger partial charge in [0.25, 0.3) is 0 Å². The standard InChI is InChI=1S/C19H21N3O/c1-14-6-5-7-15(12-14)13-19(23)20-11-10-18-21-16-8-3-4-9-17(16)22(18)2/h3-9,12H,10-11,13H2,1-2H3,(H,20,23). The van der Waals surface area contributed by atoms with E-state index >= 15 is 0 Å². The predicted molar refractivity (Wildman–Crippen MR) is 92.3 cm³/mol. The van der Waals surface area contributed by atoms with Crippen molar-refractivity contribution >= 4 is 16.9 Å². The normalized spacial score (nSPS) is 10.9. The van der Waals surface area contributed by atoms with Crippen molar-refractivity contribution < 1.29 is 4.79 Å². The molecule has 1 heterocycles. The summed E-state index contributed by atoms with van der Waals surface area (Å²) in [6.45, 7) is 2.63. The minimum absolute atomic E-state index is 0.0503. The van der Waals surface area contributed by atoms with Crippen LogP contribution in [0.5, 0.6) is 0 Å². The van der Waals surface area contributed by atoms with Crippen molar-refractivity contribution in [1.82, 2.24) is 14.9 Å². The van der Waals surface area contributed by atoms with E-state index < -0.39 is 0 Å².